The summed E-state index contributed by atoms with van der Waals surface area (Å²) in [4.78, 5) is 11.8. The van der Waals surface area contributed by atoms with Gasteiger partial charge in [0.25, 0.3) is 5.91 Å². The van der Waals surface area contributed by atoms with Gasteiger partial charge in [0.1, 0.15) is 0 Å². The molecule has 0 bridgehead atoms. The summed E-state index contributed by atoms with van der Waals surface area (Å²) in [5, 5.41) is 10.6. The van der Waals surface area contributed by atoms with Crippen LogP contribution >= 0.6 is 0 Å². The quantitative estimate of drug-likeness (QED) is 0.747. The van der Waals surface area contributed by atoms with E-state index in [1.165, 1.54) is 12.8 Å². The molecule has 6 nitrogen and oxygen atoms in total. The van der Waals surface area contributed by atoms with Gasteiger partial charge in [0.2, 0.25) is 0 Å². The second kappa shape index (κ2) is 5.07. The SMILES string of the molecule is NCCn1cc(C(=O)NC2CCCC2)nn1. The largest absolute Gasteiger partial charge is 0.348 e. The predicted octanol–water partition coefficient (Wildman–Crippen LogP) is -0.0908. The van der Waals surface area contributed by atoms with Crippen LogP contribution in [-0.2, 0) is 6.54 Å². The molecule has 1 saturated carbocycles. The van der Waals surface area contributed by atoms with Crippen LogP contribution in [0.1, 0.15) is 36.2 Å². The van der Waals surface area contributed by atoms with Gasteiger partial charge in [0, 0.05) is 12.6 Å². The Morgan fingerprint density at radius 1 is 1.56 bits per heavy atom. The molecule has 1 amide bonds. The maximum absolute atomic E-state index is 11.8. The Kier molecular flexibility index (Phi) is 3.51. The summed E-state index contributed by atoms with van der Waals surface area (Å²) in [6, 6.07) is 0.312. The number of carbonyl (C=O) groups excluding carboxylic acids is 1. The second-order valence-electron chi connectivity index (χ2n) is 4.11. The molecule has 0 radical (unpaired) electrons. The van der Waals surface area contributed by atoms with E-state index in [0.29, 0.717) is 24.8 Å². The Morgan fingerprint density at radius 2 is 2.31 bits per heavy atom. The Hall–Kier alpha value is -1.43. The molecule has 3 N–H and O–H groups in total. The molecule has 1 aliphatic carbocycles. The lowest BCUT2D eigenvalue weighted by atomic mass is 10.2. The fourth-order valence-electron chi connectivity index (χ4n) is 1.97. The molecule has 1 heterocycles. The number of amides is 1. The number of nitrogens with two attached hydrogens (primary N) is 1. The molecule has 2 rings (SSSR count). The van der Waals surface area contributed by atoms with E-state index in [9.17, 15) is 4.79 Å². The lowest BCUT2D eigenvalue weighted by Gasteiger charge is -2.09. The molecule has 1 aromatic rings. The van der Waals surface area contributed by atoms with Crippen molar-refractivity contribution in [2.75, 3.05) is 6.54 Å². The van der Waals surface area contributed by atoms with E-state index in [1.807, 2.05) is 0 Å². The summed E-state index contributed by atoms with van der Waals surface area (Å²) in [5.41, 5.74) is 5.76. The highest BCUT2D eigenvalue weighted by Crippen LogP contribution is 2.17. The Labute approximate surface area is 94.2 Å². The number of carbonyl (C=O) groups is 1. The number of rotatable bonds is 4. The van der Waals surface area contributed by atoms with Gasteiger partial charge in [0.05, 0.1) is 12.7 Å². The third-order valence-corrected chi connectivity index (χ3v) is 2.82. The second-order valence-corrected chi connectivity index (χ2v) is 4.11. The zero-order valence-electron chi connectivity index (χ0n) is 9.22. The first-order valence-electron chi connectivity index (χ1n) is 5.70. The fraction of sp³-hybridized carbons (Fsp3) is 0.700. The number of hydrogen-bond acceptors (Lipinski definition) is 4. The predicted molar refractivity (Wildman–Crippen MR) is 58.8 cm³/mol. The molecular weight excluding hydrogens is 206 g/mol. The van der Waals surface area contributed by atoms with Gasteiger partial charge in [-0.25, -0.2) is 0 Å². The summed E-state index contributed by atoms with van der Waals surface area (Å²) < 4.78 is 1.59. The summed E-state index contributed by atoms with van der Waals surface area (Å²) in [6.07, 6.45) is 6.18. The first-order chi connectivity index (χ1) is 7.79. The minimum atomic E-state index is -0.129. The zero-order chi connectivity index (χ0) is 11.4. The summed E-state index contributed by atoms with van der Waals surface area (Å²) in [7, 11) is 0. The number of hydrogen-bond donors (Lipinski definition) is 2. The van der Waals surface area contributed by atoms with Crippen LogP contribution in [0.5, 0.6) is 0 Å². The number of aromatic nitrogens is 3. The van der Waals surface area contributed by atoms with E-state index in [0.717, 1.165) is 12.8 Å². The van der Waals surface area contributed by atoms with Gasteiger partial charge in [-0.15, -0.1) is 5.10 Å². The standard InChI is InChI=1S/C10H17N5O/c11-5-6-15-7-9(13-14-15)10(16)12-8-3-1-2-4-8/h7-8H,1-6,11H2,(H,12,16). The van der Waals surface area contributed by atoms with Crippen molar-refractivity contribution in [1.82, 2.24) is 20.3 Å². The smallest absolute Gasteiger partial charge is 0.273 e. The molecule has 0 saturated heterocycles. The molecule has 0 atom stereocenters. The molecule has 0 spiro atoms. The van der Waals surface area contributed by atoms with Crippen molar-refractivity contribution in [2.24, 2.45) is 5.73 Å². The minimum Gasteiger partial charge on any atom is -0.348 e. The van der Waals surface area contributed by atoms with Crippen LogP contribution in [-0.4, -0.2) is 33.5 Å². The number of nitrogens with zero attached hydrogens (tertiary/aromatic N) is 3. The molecule has 6 heteroatoms. The maximum Gasteiger partial charge on any atom is 0.273 e. The molecule has 0 aliphatic heterocycles. The highest BCUT2D eigenvalue weighted by molar-refractivity contribution is 5.92. The Morgan fingerprint density at radius 3 is 3.00 bits per heavy atom. The minimum absolute atomic E-state index is 0.129. The monoisotopic (exact) mass is 223 g/mol. The van der Waals surface area contributed by atoms with E-state index < -0.39 is 0 Å². The topological polar surface area (TPSA) is 85.8 Å². The van der Waals surface area contributed by atoms with E-state index in [-0.39, 0.29) is 5.91 Å². The van der Waals surface area contributed by atoms with Gasteiger partial charge in [-0.1, -0.05) is 18.1 Å². The molecule has 0 unspecified atom stereocenters. The molecule has 1 aromatic heterocycles. The molecule has 0 aromatic carbocycles. The molecule has 88 valence electrons. The maximum atomic E-state index is 11.8. The average molecular weight is 223 g/mol. The van der Waals surface area contributed by atoms with Gasteiger partial charge < -0.3 is 11.1 Å². The van der Waals surface area contributed by atoms with Crippen LogP contribution in [0.25, 0.3) is 0 Å². The fourth-order valence-corrected chi connectivity index (χ4v) is 1.97. The van der Waals surface area contributed by atoms with Crippen molar-refractivity contribution in [3.63, 3.8) is 0 Å². The normalized spacial score (nSPS) is 16.6. The van der Waals surface area contributed by atoms with Gasteiger partial charge in [-0.2, -0.15) is 0 Å². The van der Waals surface area contributed by atoms with E-state index >= 15 is 0 Å². The third-order valence-electron chi connectivity index (χ3n) is 2.82. The van der Waals surface area contributed by atoms with Crippen molar-refractivity contribution >= 4 is 5.91 Å². The van der Waals surface area contributed by atoms with Gasteiger partial charge in [-0.05, 0) is 12.8 Å². The van der Waals surface area contributed by atoms with Crippen LogP contribution in [0.4, 0.5) is 0 Å². The van der Waals surface area contributed by atoms with Gasteiger partial charge in [0.15, 0.2) is 5.69 Å². The first kappa shape index (κ1) is 11.1. The van der Waals surface area contributed by atoms with Gasteiger partial charge in [-0.3, -0.25) is 9.48 Å². The Balaban J connectivity index is 1.91. The summed E-state index contributed by atoms with van der Waals surface area (Å²) in [6.45, 7) is 1.08. The highest BCUT2D eigenvalue weighted by atomic mass is 16.2. The van der Waals surface area contributed by atoms with Crippen LogP contribution in [0.2, 0.25) is 0 Å². The van der Waals surface area contributed by atoms with E-state index in [4.69, 9.17) is 5.73 Å². The van der Waals surface area contributed by atoms with Crippen molar-refractivity contribution in [3.8, 4) is 0 Å². The molecule has 16 heavy (non-hydrogen) atoms. The van der Waals surface area contributed by atoms with Crippen molar-refractivity contribution in [1.29, 1.82) is 0 Å². The van der Waals surface area contributed by atoms with E-state index in [1.54, 1.807) is 10.9 Å². The molecule has 1 fully saturated rings. The van der Waals surface area contributed by atoms with Crippen LogP contribution in [0.3, 0.4) is 0 Å². The lowest BCUT2D eigenvalue weighted by Crippen LogP contribution is -2.32. The van der Waals surface area contributed by atoms with Gasteiger partial charge >= 0.3 is 0 Å². The molecular formula is C10H17N5O. The van der Waals surface area contributed by atoms with Crippen molar-refractivity contribution < 1.29 is 4.79 Å². The Bertz CT molecular complexity index is 356. The summed E-state index contributed by atoms with van der Waals surface area (Å²) in [5.74, 6) is -0.129. The van der Waals surface area contributed by atoms with Crippen LogP contribution in [0, 0.1) is 0 Å². The van der Waals surface area contributed by atoms with Crippen LogP contribution < -0.4 is 11.1 Å². The number of nitrogens with one attached hydrogen (secondary N) is 1. The van der Waals surface area contributed by atoms with Crippen LogP contribution in [0.15, 0.2) is 6.20 Å². The highest BCUT2D eigenvalue weighted by Gasteiger charge is 2.19. The lowest BCUT2D eigenvalue weighted by molar-refractivity contribution is 0.0932. The molecule has 1 aliphatic rings. The van der Waals surface area contributed by atoms with E-state index in [2.05, 4.69) is 15.6 Å². The average Bonchev–Trinajstić information content (AvgIpc) is 2.89. The van der Waals surface area contributed by atoms with Crippen molar-refractivity contribution in [3.05, 3.63) is 11.9 Å². The van der Waals surface area contributed by atoms with Crippen molar-refractivity contribution in [2.45, 2.75) is 38.3 Å². The third kappa shape index (κ3) is 2.57. The summed E-state index contributed by atoms with van der Waals surface area (Å²) >= 11 is 0. The first-order valence-corrected chi connectivity index (χ1v) is 5.70. The zero-order valence-corrected chi connectivity index (χ0v) is 9.22.